The number of hydrogen-bond donors (Lipinski definition) is 1. The summed E-state index contributed by atoms with van der Waals surface area (Å²) in [4.78, 5) is 28.2. The van der Waals surface area contributed by atoms with Crippen LogP contribution >= 0.6 is 11.6 Å². The highest BCUT2D eigenvalue weighted by Gasteiger charge is 2.33. The molecule has 1 heterocycles. The highest BCUT2D eigenvalue weighted by atomic mass is 35.5. The maximum Gasteiger partial charge on any atom is 0.418 e. The van der Waals surface area contributed by atoms with E-state index in [4.69, 9.17) is 11.6 Å². The minimum Gasteiger partial charge on any atom is -0.336 e. The van der Waals surface area contributed by atoms with Gasteiger partial charge in [-0.3, -0.25) is 14.5 Å². The molecule has 2 amide bonds. The Balaban J connectivity index is 1.54. The second kappa shape index (κ2) is 8.84. The number of carbonyl (C=O) groups excluding carboxylic acids is 2. The summed E-state index contributed by atoms with van der Waals surface area (Å²) in [6, 6.07) is 11.5. The number of halogens is 4. The molecule has 0 radical (unpaired) electrons. The Labute approximate surface area is 171 Å². The Bertz CT molecular complexity index is 897. The molecule has 2 aromatic carbocycles. The van der Waals surface area contributed by atoms with Crippen molar-refractivity contribution in [2.75, 3.05) is 38.0 Å². The maximum atomic E-state index is 13.0. The first-order valence-electron chi connectivity index (χ1n) is 8.97. The first-order chi connectivity index (χ1) is 13.7. The highest BCUT2D eigenvalue weighted by Crippen LogP contribution is 2.34. The number of piperazine rings is 1. The number of nitrogens with zero attached hydrogens (tertiary/aromatic N) is 2. The zero-order valence-corrected chi connectivity index (χ0v) is 16.1. The molecule has 0 aliphatic carbocycles. The van der Waals surface area contributed by atoms with Crippen LogP contribution in [0.2, 0.25) is 5.02 Å². The average Bonchev–Trinajstić information content (AvgIpc) is 2.67. The Hall–Kier alpha value is -2.58. The van der Waals surface area contributed by atoms with Gasteiger partial charge in [0.05, 0.1) is 17.8 Å². The van der Waals surface area contributed by atoms with Gasteiger partial charge in [0.2, 0.25) is 5.91 Å². The molecule has 29 heavy (non-hydrogen) atoms. The smallest absolute Gasteiger partial charge is 0.336 e. The Morgan fingerprint density at radius 2 is 1.69 bits per heavy atom. The number of rotatable bonds is 4. The number of carbonyl (C=O) groups is 2. The third kappa shape index (κ3) is 5.48. The number of amides is 2. The summed E-state index contributed by atoms with van der Waals surface area (Å²) >= 11 is 5.92. The third-order valence-electron chi connectivity index (χ3n) is 4.60. The van der Waals surface area contributed by atoms with Gasteiger partial charge in [-0.1, -0.05) is 29.8 Å². The van der Waals surface area contributed by atoms with Crippen LogP contribution in [0.3, 0.4) is 0 Å². The molecule has 0 unspecified atom stereocenters. The molecule has 154 valence electrons. The lowest BCUT2D eigenvalue weighted by Gasteiger charge is -2.34. The predicted octanol–water partition coefficient (Wildman–Crippen LogP) is 3.76. The van der Waals surface area contributed by atoms with E-state index in [1.807, 2.05) is 0 Å². The summed E-state index contributed by atoms with van der Waals surface area (Å²) in [6.45, 7) is 1.67. The van der Waals surface area contributed by atoms with Gasteiger partial charge in [0.15, 0.2) is 0 Å². The zero-order chi connectivity index (χ0) is 21.0. The lowest BCUT2D eigenvalue weighted by molar-refractivity contribution is -0.137. The van der Waals surface area contributed by atoms with E-state index >= 15 is 0 Å². The summed E-state index contributed by atoms with van der Waals surface area (Å²) in [5.74, 6) is -0.674. The predicted molar refractivity (Wildman–Crippen MR) is 104 cm³/mol. The van der Waals surface area contributed by atoms with E-state index in [1.165, 1.54) is 18.2 Å². The van der Waals surface area contributed by atoms with Gasteiger partial charge >= 0.3 is 6.18 Å². The van der Waals surface area contributed by atoms with Crippen molar-refractivity contribution < 1.29 is 22.8 Å². The van der Waals surface area contributed by atoms with E-state index in [-0.39, 0.29) is 18.1 Å². The van der Waals surface area contributed by atoms with E-state index in [1.54, 1.807) is 34.1 Å². The average molecular weight is 426 g/mol. The van der Waals surface area contributed by atoms with E-state index in [0.29, 0.717) is 36.8 Å². The summed E-state index contributed by atoms with van der Waals surface area (Å²) in [6.07, 6.45) is -4.55. The van der Waals surface area contributed by atoms with Gasteiger partial charge in [0, 0.05) is 36.8 Å². The first kappa shape index (κ1) is 21.1. The molecule has 1 aliphatic rings. The van der Waals surface area contributed by atoms with Crippen LogP contribution in [0.15, 0.2) is 48.5 Å². The second-order valence-corrected chi connectivity index (χ2v) is 7.11. The van der Waals surface area contributed by atoms with Crippen LogP contribution in [0.4, 0.5) is 18.9 Å². The van der Waals surface area contributed by atoms with E-state index < -0.39 is 17.6 Å². The van der Waals surface area contributed by atoms with Gasteiger partial charge in [-0.25, -0.2) is 0 Å². The van der Waals surface area contributed by atoms with Crippen molar-refractivity contribution in [2.24, 2.45) is 0 Å². The van der Waals surface area contributed by atoms with Crippen molar-refractivity contribution in [1.82, 2.24) is 9.80 Å². The summed E-state index contributed by atoms with van der Waals surface area (Å²) in [5.41, 5.74) is -0.655. The molecular weight excluding hydrogens is 407 g/mol. The SMILES string of the molecule is O=C(CN1CCN(C(=O)c2cccc(Cl)c2)CC1)Nc1ccccc1C(F)(F)F. The van der Waals surface area contributed by atoms with Crippen LogP contribution in [-0.2, 0) is 11.0 Å². The van der Waals surface area contributed by atoms with Crippen molar-refractivity contribution in [3.63, 3.8) is 0 Å². The summed E-state index contributed by atoms with van der Waals surface area (Å²) in [5, 5.41) is 2.81. The van der Waals surface area contributed by atoms with E-state index in [0.717, 1.165) is 6.07 Å². The quantitative estimate of drug-likeness (QED) is 0.811. The summed E-state index contributed by atoms with van der Waals surface area (Å²) in [7, 11) is 0. The highest BCUT2D eigenvalue weighted by molar-refractivity contribution is 6.30. The molecule has 1 N–H and O–H groups in total. The Kier molecular flexibility index (Phi) is 6.44. The molecule has 1 saturated heterocycles. The molecule has 2 aromatic rings. The monoisotopic (exact) mass is 425 g/mol. The van der Waals surface area contributed by atoms with Gasteiger partial charge in [0.25, 0.3) is 5.91 Å². The number of benzene rings is 2. The van der Waals surface area contributed by atoms with Gasteiger partial charge in [-0.15, -0.1) is 0 Å². The minimum absolute atomic E-state index is 0.0502. The molecule has 0 aromatic heterocycles. The Morgan fingerprint density at radius 1 is 1.00 bits per heavy atom. The van der Waals surface area contributed by atoms with Crippen LogP contribution in [-0.4, -0.2) is 54.3 Å². The third-order valence-corrected chi connectivity index (χ3v) is 4.84. The zero-order valence-electron chi connectivity index (χ0n) is 15.4. The number of nitrogens with one attached hydrogen (secondary N) is 1. The topological polar surface area (TPSA) is 52.7 Å². The lowest BCUT2D eigenvalue weighted by atomic mass is 10.1. The lowest BCUT2D eigenvalue weighted by Crippen LogP contribution is -2.50. The number of alkyl halides is 3. The minimum atomic E-state index is -4.55. The first-order valence-corrected chi connectivity index (χ1v) is 9.35. The van der Waals surface area contributed by atoms with Crippen LogP contribution in [0.1, 0.15) is 15.9 Å². The summed E-state index contributed by atoms with van der Waals surface area (Å²) < 4.78 is 39.1. The van der Waals surface area contributed by atoms with Gasteiger partial charge in [-0.2, -0.15) is 13.2 Å². The second-order valence-electron chi connectivity index (χ2n) is 6.67. The van der Waals surface area contributed by atoms with Crippen molar-refractivity contribution in [3.8, 4) is 0 Å². The molecule has 1 aliphatic heterocycles. The molecule has 0 saturated carbocycles. The van der Waals surface area contributed by atoms with Crippen molar-refractivity contribution in [2.45, 2.75) is 6.18 Å². The van der Waals surface area contributed by atoms with Crippen LogP contribution in [0.5, 0.6) is 0 Å². The normalized spacial score (nSPS) is 15.2. The maximum absolute atomic E-state index is 13.0. The van der Waals surface area contributed by atoms with Gasteiger partial charge < -0.3 is 10.2 Å². The number of para-hydroxylation sites is 1. The molecule has 9 heteroatoms. The molecule has 0 atom stereocenters. The fourth-order valence-electron chi connectivity index (χ4n) is 3.15. The fraction of sp³-hybridized carbons (Fsp3) is 0.300. The fourth-order valence-corrected chi connectivity index (χ4v) is 3.34. The molecule has 5 nitrogen and oxygen atoms in total. The van der Waals surface area contributed by atoms with Crippen molar-refractivity contribution in [1.29, 1.82) is 0 Å². The van der Waals surface area contributed by atoms with Crippen molar-refractivity contribution >= 4 is 29.1 Å². The molecule has 0 bridgehead atoms. The van der Waals surface area contributed by atoms with Crippen LogP contribution in [0.25, 0.3) is 0 Å². The van der Waals surface area contributed by atoms with E-state index in [9.17, 15) is 22.8 Å². The van der Waals surface area contributed by atoms with E-state index in [2.05, 4.69) is 5.32 Å². The molecule has 3 rings (SSSR count). The largest absolute Gasteiger partial charge is 0.418 e. The number of hydrogen-bond acceptors (Lipinski definition) is 3. The molecule has 0 spiro atoms. The van der Waals surface area contributed by atoms with Crippen LogP contribution < -0.4 is 5.32 Å². The van der Waals surface area contributed by atoms with Gasteiger partial charge in [-0.05, 0) is 30.3 Å². The Morgan fingerprint density at radius 3 is 2.34 bits per heavy atom. The standard InChI is InChI=1S/C20H19ClF3N3O2/c21-15-5-3-4-14(12-15)19(29)27-10-8-26(9-11-27)13-18(28)25-17-7-2-1-6-16(17)20(22,23)24/h1-7,12H,8-11,13H2,(H,25,28). The molecular formula is C20H19ClF3N3O2. The number of anilines is 1. The van der Waals surface area contributed by atoms with Crippen LogP contribution in [0, 0.1) is 0 Å². The van der Waals surface area contributed by atoms with Gasteiger partial charge in [0.1, 0.15) is 0 Å². The van der Waals surface area contributed by atoms with Crippen molar-refractivity contribution in [3.05, 3.63) is 64.7 Å². The molecule has 1 fully saturated rings.